The number of Topliss-reactive ketones (excluding diaryl/α,β-unsaturated/α-hetero) is 2. The van der Waals surface area contributed by atoms with Gasteiger partial charge in [-0.05, 0) is 45.7 Å². The number of carbonyl (C=O) groups excluding carboxylic acids is 2. The van der Waals surface area contributed by atoms with Crippen molar-refractivity contribution in [3.63, 3.8) is 0 Å². The maximum absolute atomic E-state index is 13.6. The number of likely N-dealkylation sites (tertiary alicyclic amines) is 1. The Hall–Kier alpha value is -2.85. The zero-order valence-corrected chi connectivity index (χ0v) is 21.2. The van der Waals surface area contributed by atoms with Gasteiger partial charge in [-0.1, -0.05) is 31.1 Å². The second-order valence-corrected chi connectivity index (χ2v) is 9.99. The van der Waals surface area contributed by atoms with Gasteiger partial charge in [0.25, 0.3) is 5.19 Å². The first kappa shape index (κ1) is 25.2. The van der Waals surface area contributed by atoms with Crippen LogP contribution in [0.15, 0.2) is 28.9 Å². The molecule has 0 bridgehead atoms. The third-order valence-corrected chi connectivity index (χ3v) is 7.28. The molecule has 10 heteroatoms. The van der Waals surface area contributed by atoms with Gasteiger partial charge in [0.15, 0.2) is 0 Å². The van der Waals surface area contributed by atoms with Gasteiger partial charge in [0, 0.05) is 35.3 Å². The van der Waals surface area contributed by atoms with E-state index in [-0.39, 0.29) is 29.4 Å². The van der Waals surface area contributed by atoms with Gasteiger partial charge in [-0.25, -0.2) is 4.98 Å². The molecule has 1 aliphatic heterocycles. The number of nitrogens with two attached hydrogens (primary N) is 1. The number of hydrogen-bond acceptors (Lipinski definition) is 10. The molecule has 1 saturated heterocycles. The lowest BCUT2D eigenvalue weighted by Gasteiger charge is -2.23. The molecule has 2 aromatic rings. The fourth-order valence-electron chi connectivity index (χ4n) is 4.65. The van der Waals surface area contributed by atoms with Gasteiger partial charge in [0.2, 0.25) is 23.4 Å². The number of rotatable bonds is 10. The highest BCUT2D eigenvalue weighted by atomic mass is 32.1. The van der Waals surface area contributed by atoms with Crippen LogP contribution in [0.25, 0.3) is 0 Å². The summed E-state index contributed by atoms with van der Waals surface area (Å²) in [5.41, 5.74) is 7.21. The molecule has 0 aromatic carbocycles. The molecule has 2 aliphatic rings. The SMILES string of the molecule is CCC/C(C(=O)c1nc(OC[C@@H]2CCCN2C)cc(Oc2nccs2)n1)=C(/N)[C@H]1CCCCC1=O. The number of ketones is 2. The molecule has 2 fully saturated rings. The highest BCUT2D eigenvalue weighted by molar-refractivity contribution is 7.11. The van der Waals surface area contributed by atoms with E-state index in [9.17, 15) is 9.59 Å². The summed E-state index contributed by atoms with van der Waals surface area (Å²) in [6.07, 6.45) is 7.91. The van der Waals surface area contributed by atoms with Crippen LogP contribution in [0, 0.1) is 5.92 Å². The maximum Gasteiger partial charge on any atom is 0.279 e. The second kappa shape index (κ2) is 11.7. The van der Waals surface area contributed by atoms with Crippen molar-refractivity contribution < 1.29 is 19.1 Å². The molecule has 1 aliphatic carbocycles. The summed E-state index contributed by atoms with van der Waals surface area (Å²) in [4.78, 5) is 41.3. The summed E-state index contributed by atoms with van der Waals surface area (Å²) >= 11 is 1.32. The fraction of sp³-hybridized carbons (Fsp3) is 0.560. The van der Waals surface area contributed by atoms with Gasteiger partial charge in [-0.2, -0.15) is 9.97 Å². The largest absolute Gasteiger partial charge is 0.476 e. The third kappa shape index (κ3) is 6.24. The number of aromatic nitrogens is 3. The molecule has 2 aromatic heterocycles. The summed E-state index contributed by atoms with van der Waals surface area (Å²) in [5.74, 6) is -0.326. The molecular formula is C25H33N5O4S. The van der Waals surface area contributed by atoms with Crippen molar-refractivity contribution in [3.05, 3.63) is 34.7 Å². The molecule has 2 atom stereocenters. The summed E-state index contributed by atoms with van der Waals surface area (Å²) in [6.45, 7) is 3.46. The van der Waals surface area contributed by atoms with Gasteiger partial charge < -0.3 is 20.1 Å². The fourth-order valence-corrected chi connectivity index (χ4v) is 5.14. The van der Waals surface area contributed by atoms with Gasteiger partial charge in [-0.3, -0.25) is 9.59 Å². The third-order valence-electron chi connectivity index (χ3n) is 6.63. The molecule has 2 N–H and O–H groups in total. The number of hydrogen-bond donors (Lipinski definition) is 1. The number of nitrogens with zero attached hydrogens (tertiary/aromatic N) is 4. The predicted octanol–water partition coefficient (Wildman–Crippen LogP) is 4.15. The first-order valence-corrected chi connectivity index (χ1v) is 13.2. The maximum atomic E-state index is 13.6. The second-order valence-electron chi connectivity index (χ2n) is 9.13. The number of carbonyl (C=O) groups is 2. The lowest BCUT2D eigenvalue weighted by molar-refractivity contribution is -0.123. The van der Waals surface area contributed by atoms with Crippen LogP contribution in [0.4, 0.5) is 0 Å². The van der Waals surface area contributed by atoms with Crippen LogP contribution in [-0.2, 0) is 4.79 Å². The van der Waals surface area contributed by atoms with E-state index in [1.807, 2.05) is 6.92 Å². The first-order chi connectivity index (χ1) is 17.0. The van der Waals surface area contributed by atoms with Crippen LogP contribution in [0.5, 0.6) is 17.0 Å². The topological polar surface area (TPSA) is 121 Å². The van der Waals surface area contributed by atoms with Crippen LogP contribution < -0.4 is 15.2 Å². The Morgan fingerprint density at radius 3 is 2.74 bits per heavy atom. The van der Waals surface area contributed by atoms with Crippen LogP contribution in [0.2, 0.25) is 0 Å². The number of thiazole rings is 1. The Bertz CT molecular complexity index is 1070. The van der Waals surface area contributed by atoms with E-state index >= 15 is 0 Å². The van der Waals surface area contributed by atoms with Crippen molar-refractivity contribution in [3.8, 4) is 17.0 Å². The number of allylic oxidation sites excluding steroid dienone is 2. The minimum Gasteiger partial charge on any atom is -0.476 e. The molecule has 188 valence electrons. The van der Waals surface area contributed by atoms with Gasteiger partial charge in [0.1, 0.15) is 12.4 Å². The van der Waals surface area contributed by atoms with E-state index < -0.39 is 11.7 Å². The Balaban J connectivity index is 1.64. The average Bonchev–Trinajstić information content (AvgIpc) is 3.52. The molecular weight excluding hydrogens is 466 g/mol. The average molecular weight is 500 g/mol. The van der Waals surface area contributed by atoms with E-state index in [4.69, 9.17) is 15.2 Å². The Kier molecular flexibility index (Phi) is 8.46. The summed E-state index contributed by atoms with van der Waals surface area (Å²) in [7, 11) is 2.07. The minimum absolute atomic E-state index is 0.0523. The molecule has 3 heterocycles. The predicted molar refractivity (Wildman–Crippen MR) is 133 cm³/mol. The normalized spacial score (nSPS) is 21.6. The number of ether oxygens (including phenoxy) is 2. The van der Waals surface area contributed by atoms with Crippen LogP contribution in [0.3, 0.4) is 0 Å². The molecule has 0 amide bonds. The van der Waals surface area contributed by atoms with Crippen molar-refractivity contribution in [2.24, 2.45) is 11.7 Å². The summed E-state index contributed by atoms with van der Waals surface area (Å²) in [5, 5.41) is 2.19. The molecule has 35 heavy (non-hydrogen) atoms. The zero-order valence-electron chi connectivity index (χ0n) is 20.4. The van der Waals surface area contributed by atoms with Crippen molar-refractivity contribution in [1.29, 1.82) is 0 Å². The number of likely N-dealkylation sites (N-methyl/N-ethyl adjacent to an activating group) is 1. The lowest BCUT2D eigenvalue weighted by atomic mass is 9.83. The minimum atomic E-state index is -0.419. The van der Waals surface area contributed by atoms with Crippen LogP contribution in [-0.4, -0.2) is 57.7 Å². The smallest absolute Gasteiger partial charge is 0.279 e. The van der Waals surface area contributed by atoms with Gasteiger partial charge >= 0.3 is 0 Å². The highest BCUT2D eigenvalue weighted by Crippen LogP contribution is 2.30. The molecule has 1 saturated carbocycles. The molecule has 0 spiro atoms. The molecule has 9 nitrogen and oxygen atoms in total. The van der Waals surface area contributed by atoms with E-state index in [2.05, 4.69) is 26.9 Å². The van der Waals surface area contributed by atoms with E-state index in [1.54, 1.807) is 17.6 Å². The van der Waals surface area contributed by atoms with Crippen molar-refractivity contribution in [2.45, 2.75) is 64.3 Å². The monoisotopic (exact) mass is 499 g/mol. The van der Waals surface area contributed by atoms with E-state index in [0.29, 0.717) is 48.8 Å². The summed E-state index contributed by atoms with van der Waals surface area (Å²) in [6, 6.07) is 1.86. The van der Waals surface area contributed by atoms with E-state index in [1.165, 1.54) is 11.3 Å². The van der Waals surface area contributed by atoms with Crippen molar-refractivity contribution in [1.82, 2.24) is 19.9 Å². The molecule has 4 rings (SSSR count). The lowest BCUT2D eigenvalue weighted by Crippen LogP contribution is -2.31. The Labute approximate surface area is 209 Å². The first-order valence-electron chi connectivity index (χ1n) is 12.3. The molecule has 0 unspecified atom stereocenters. The Morgan fingerprint density at radius 2 is 2.06 bits per heavy atom. The quantitative estimate of drug-likeness (QED) is 0.379. The van der Waals surface area contributed by atoms with Crippen molar-refractivity contribution >= 4 is 22.9 Å². The van der Waals surface area contributed by atoms with Gasteiger partial charge in [-0.15, -0.1) is 0 Å². The Morgan fingerprint density at radius 1 is 1.23 bits per heavy atom. The van der Waals surface area contributed by atoms with E-state index in [0.717, 1.165) is 32.2 Å². The highest BCUT2D eigenvalue weighted by Gasteiger charge is 2.30. The standard InChI is InChI=1S/C25H33N5O4S/c1-3-7-18(22(26)17-9-4-5-10-19(17)31)23(32)24-28-20(33-15-16-8-6-12-30(16)2)14-21(29-24)34-25-27-11-13-35-25/h11,13-14,16-17H,3-10,12,15,26H2,1-2H3/b22-18-/t16-,17-/m0/s1. The summed E-state index contributed by atoms with van der Waals surface area (Å²) < 4.78 is 11.8. The van der Waals surface area contributed by atoms with Gasteiger partial charge in [0.05, 0.1) is 12.0 Å². The van der Waals surface area contributed by atoms with Crippen LogP contribution in [0.1, 0.15) is 68.9 Å². The molecule has 0 radical (unpaired) electrons. The zero-order chi connectivity index (χ0) is 24.8. The van der Waals surface area contributed by atoms with Crippen molar-refractivity contribution in [2.75, 3.05) is 20.2 Å². The van der Waals surface area contributed by atoms with Crippen LogP contribution >= 0.6 is 11.3 Å².